The lowest BCUT2D eigenvalue weighted by atomic mass is 9.99. The Hall–Kier alpha value is -1.60. The maximum Gasteiger partial charge on any atom is 0.143 e. The van der Waals surface area contributed by atoms with Crippen LogP contribution in [0.25, 0.3) is 0 Å². The average molecular weight is 262 g/mol. The van der Waals surface area contributed by atoms with Crippen LogP contribution in [0.1, 0.15) is 38.2 Å². The van der Waals surface area contributed by atoms with Crippen LogP contribution in [-0.4, -0.2) is 18.8 Å². The number of benzene rings is 1. The summed E-state index contributed by atoms with van der Waals surface area (Å²) in [6.45, 7) is 2.86. The predicted octanol–water partition coefficient (Wildman–Crippen LogP) is 3.46. The summed E-state index contributed by atoms with van der Waals surface area (Å²) in [6.07, 6.45) is 4.22. The maximum atomic E-state index is 13.5. The minimum Gasteiger partial charge on any atom is -0.381 e. The number of nitriles is 1. The summed E-state index contributed by atoms with van der Waals surface area (Å²) in [7, 11) is 0. The molecular weight excluding hydrogens is 243 g/mol. The van der Waals surface area contributed by atoms with Crippen molar-refractivity contribution in [3.63, 3.8) is 0 Å². The highest BCUT2D eigenvalue weighted by Crippen LogP contribution is 2.24. The van der Waals surface area contributed by atoms with E-state index in [1.54, 1.807) is 12.1 Å². The second-order valence-electron chi connectivity index (χ2n) is 4.92. The lowest BCUT2D eigenvalue weighted by Gasteiger charge is -2.31. The molecule has 0 spiro atoms. The lowest BCUT2D eigenvalue weighted by molar-refractivity contribution is 0.00597. The predicted molar refractivity (Wildman–Crippen MR) is 72.4 cm³/mol. The van der Waals surface area contributed by atoms with Crippen molar-refractivity contribution in [1.29, 1.82) is 5.26 Å². The Morgan fingerprint density at radius 2 is 2.37 bits per heavy atom. The van der Waals surface area contributed by atoms with Gasteiger partial charge in [0.15, 0.2) is 0 Å². The summed E-state index contributed by atoms with van der Waals surface area (Å²) in [4.78, 5) is 0. The minimum absolute atomic E-state index is 0.0982. The molecule has 19 heavy (non-hydrogen) atoms. The molecule has 1 heterocycles. The first-order chi connectivity index (χ1) is 9.24. The molecule has 1 aliphatic rings. The molecule has 102 valence electrons. The van der Waals surface area contributed by atoms with E-state index in [0.717, 1.165) is 32.3 Å². The topological polar surface area (TPSA) is 45.0 Å². The Morgan fingerprint density at radius 3 is 3.11 bits per heavy atom. The van der Waals surface area contributed by atoms with E-state index in [2.05, 4.69) is 12.2 Å². The molecule has 0 aliphatic carbocycles. The lowest BCUT2D eigenvalue weighted by Crippen LogP contribution is -2.34. The molecule has 2 rings (SSSR count). The number of hydrogen-bond donors (Lipinski definition) is 1. The van der Waals surface area contributed by atoms with Crippen molar-refractivity contribution in [2.45, 2.75) is 44.8 Å². The van der Waals surface area contributed by atoms with Crippen LogP contribution in [-0.2, 0) is 4.74 Å². The smallest absolute Gasteiger partial charge is 0.143 e. The van der Waals surface area contributed by atoms with E-state index in [4.69, 9.17) is 10.00 Å². The van der Waals surface area contributed by atoms with Crippen LogP contribution in [0.15, 0.2) is 18.2 Å². The molecule has 0 aromatic heterocycles. The Labute approximate surface area is 113 Å². The zero-order valence-corrected chi connectivity index (χ0v) is 11.2. The van der Waals surface area contributed by atoms with Gasteiger partial charge in [-0.25, -0.2) is 4.39 Å². The fourth-order valence-corrected chi connectivity index (χ4v) is 2.51. The number of nitrogens with one attached hydrogen (secondary N) is 1. The Kier molecular flexibility index (Phi) is 4.75. The second-order valence-corrected chi connectivity index (χ2v) is 4.92. The monoisotopic (exact) mass is 262 g/mol. The summed E-state index contributed by atoms with van der Waals surface area (Å²) in [6, 6.07) is 6.87. The molecule has 0 saturated carbocycles. The molecule has 0 radical (unpaired) electrons. The molecule has 0 bridgehead atoms. The van der Waals surface area contributed by atoms with Gasteiger partial charge in [0.25, 0.3) is 0 Å². The third-order valence-corrected chi connectivity index (χ3v) is 3.46. The van der Waals surface area contributed by atoms with Crippen molar-refractivity contribution >= 4 is 5.69 Å². The first-order valence-corrected chi connectivity index (χ1v) is 6.81. The van der Waals surface area contributed by atoms with Crippen LogP contribution in [0, 0.1) is 17.1 Å². The van der Waals surface area contributed by atoms with Crippen molar-refractivity contribution in [3.8, 4) is 6.07 Å². The summed E-state index contributed by atoms with van der Waals surface area (Å²) in [5.74, 6) is -0.468. The average Bonchev–Trinajstić information content (AvgIpc) is 2.40. The van der Waals surface area contributed by atoms with Gasteiger partial charge in [0.1, 0.15) is 17.4 Å². The van der Waals surface area contributed by atoms with Crippen LogP contribution in [0.2, 0.25) is 0 Å². The van der Waals surface area contributed by atoms with Gasteiger partial charge in [-0.05, 0) is 31.4 Å². The molecule has 2 atom stereocenters. The molecule has 1 saturated heterocycles. The van der Waals surface area contributed by atoms with E-state index in [-0.39, 0.29) is 17.7 Å². The third-order valence-electron chi connectivity index (χ3n) is 3.46. The fraction of sp³-hybridized carbons (Fsp3) is 0.533. The van der Waals surface area contributed by atoms with Crippen molar-refractivity contribution < 1.29 is 9.13 Å². The van der Waals surface area contributed by atoms with E-state index >= 15 is 0 Å². The van der Waals surface area contributed by atoms with Gasteiger partial charge in [-0.2, -0.15) is 5.26 Å². The summed E-state index contributed by atoms with van der Waals surface area (Å²) < 4.78 is 19.2. The second kappa shape index (κ2) is 6.53. The molecule has 3 nitrogen and oxygen atoms in total. The number of nitrogens with zero attached hydrogens (tertiary/aromatic N) is 1. The van der Waals surface area contributed by atoms with Crippen molar-refractivity contribution in [3.05, 3.63) is 29.6 Å². The van der Waals surface area contributed by atoms with Crippen LogP contribution < -0.4 is 5.32 Å². The molecule has 1 aliphatic heterocycles. The van der Waals surface area contributed by atoms with E-state index < -0.39 is 5.82 Å². The minimum atomic E-state index is -0.468. The number of rotatable bonds is 4. The third kappa shape index (κ3) is 3.45. The number of hydrogen-bond acceptors (Lipinski definition) is 3. The highest BCUT2D eigenvalue weighted by atomic mass is 19.1. The normalized spacial score (nSPS) is 22.8. The van der Waals surface area contributed by atoms with E-state index in [1.807, 2.05) is 6.07 Å². The Bertz CT molecular complexity index is 468. The quantitative estimate of drug-likeness (QED) is 0.903. The molecule has 1 N–H and O–H groups in total. The molecule has 2 unspecified atom stereocenters. The largest absolute Gasteiger partial charge is 0.381 e. The van der Waals surface area contributed by atoms with Crippen molar-refractivity contribution in [2.75, 3.05) is 11.9 Å². The maximum absolute atomic E-state index is 13.5. The highest BCUT2D eigenvalue weighted by molar-refractivity contribution is 5.58. The molecule has 1 aromatic rings. The van der Waals surface area contributed by atoms with Gasteiger partial charge in [-0.15, -0.1) is 0 Å². The van der Waals surface area contributed by atoms with Gasteiger partial charge in [-0.3, -0.25) is 0 Å². The number of ether oxygens (including phenoxy) is 1. The van der Waals surface area contributed by atoms with Crippen LogP contribution in [0.5, 0.6) is 0 Å². The van der Waals surface area contributed by atoms with Gasteiger partial charge < -0.3 is 10.1 Å². The van der Waals surface area contributed by atoms with Crippen LogP contribution in [0.4, 0.5) is 10.1 Å². The van der Waals surface area contributed by atoms with Gasteiger partial charge >= 0.3 is 0 Å². The molecule has 4 heteroatoms. The molecule has 0 amide bonds. The van der Waals surface area contributed by atoms with Crippen LogP contribution >= 0.6 is 0 Å². The van der Waals surface area contributed by atoms with Gasteiger partial charge in [0.05, 0.1) is 11.8 Å². The summed E-state index contributed by atoms with van der Waals surface area (Å²) in [5.41, 5.74) is 0.686. The Balaban J connectivity index is 2.05. The summed E-state index contributed by atoms with van der Waals surface area (Å²) >= 11 is 0. The van der Waals surface area contributed by atoms with E-state index in [9.17, 15) is 4.39 Å². The van der Waals surface area contributed by atoms with Crippen molar-refractivity contribution in [2.24, 2.45) is 0 Å². The van der Waals surface area contributed by atoms with Gasteiger partial charge in [0.2, 0.25) is 0 Å². The zero-order valence-electron chi connectivity index (χ0n) is 11.2. The van der Waals surface area contributed by atoms with Gasteiger partial charge in [-0.1, -0.05) is 19.4 Å². The summed E-state index contributed by atoms with van der Waals surface area (Å²) in [5, 5.41) is 12.3. The first kappa shape index (κ1) is 13.8. The van der Waals surface area contributed by atoms with E-state index in [0.29, 0.717) is 5.69 Å². The SMILES string of the molecule is CCCC1CC(Nc2cccc(F)c2C#N)CCO1. The van der Waals surface area contributed by atoms with Gasteiger partial charge in [0, 0.05) is 12.6 Å². The molecule has 1 aromatic carbocycles. The van der Waals surface area contributed by atoms with Crippen LogP contribution in [0.3, 0.4) is 0 Å². The number of halogens is 1. The fourth-order valence-electron chi connectivity index (χ4n) is 2.51. The highest BCUT2D eigenvalue weighted by Gasteiger charge is 2.22. The standard InChI is InChI=1S/C15H19FN2O/c1-2-4-12-9-11(7-8-19-12)18-15-6-3-5-14(16)13(15)10-17/h3,5-6,11-12,18H,2,4,7-9H2,1H3. The molecule has 1 fully saturated rings. The van der Waals surface area contributed by atoms with Crippen molar-refractivity contribution in [1.82, 2.24) is 0 Å². The number of anilines is 1. The molecular formula is C15H19FN2O. The van der Waals surface area contributed by atoms with E-state index in [1.165, 1.54) is 6.07 Å². The Morgan fingerprint density at radius 1 is 1.53 bits per heavy atom. The first-order valence-electron chi connectivity index (χ1n) is 6.81. The zero-order chi connectivity index (χ0) is 13.7.